The van der Waals surface area contributed by atoms with Crippen molar-refractivity contribution in [3.8, 4) is 0 Å². The van der Waals surface area contributed by atoms with E-state index in [-0.39, 0.29) is 22.8 Å². The lowest BCUT2D eigenvalue weighted by Crippen LogP contribution is -2.12. The fraction of sp³-hybridized carbons (Fsp3) is 0.583. The van der Waals surface area contributed by atoms with Crippen molar-refractivity contribution in [2.45, 2.75) is 39.0 Å². The zero-order valence-corrected chi connectivity index (χ0v) is 12.2. The summed E-state index contributed by atoms with van der Waals surface area (Å²) in [6.45, 7) is 4.33. The highest BCUT2D eigenvalue weighted by atomic mass is 35.5. The van der Waals surface area contributed by atoms with E-state index in [9.17, 15) is 0 Å². The molecule has 5 nitrogen and oxygen atoms in total. The summed E-state index contributed by atoms with van der Waals surface area (Å²) in [5.41, 5.74) is 1.18. The Hall–Kier alpha value is -0.910. The molecule has 1 unspecified atom stereocenters. The molecule has 0 amide bonds. The maximum absolute atomic E-state index is 6.03. The largest absolute Gasteiger partial charge is 0.354 e. The summed E-state index contributed by atoms with van der Waals surface area (Å²) in [5, 5.41) is 0.393. The maximum Gasteiger partial charge on any atom is 0.225 e. The molecule has 0 spiro atoms. The highest BCUT2D eigenvalue weighted by Crippen LogP contribution is 2.36. The number of fused-ring (bicyclic) bond motifs is 1. The van der Waals surface area contributed by atoms with Gasteiger partial charge in [0.05, 0.1) is 12.4 Å². The highest BCUT2D eigenvalue weighted by molar-refractivity contribution is 6.35. The SMILES string of the molecule is CC[C@H]1O[C@@H](n2cnc3c(Cl)nc(Cl)nc32)CC1C. The topological polar surface area (TPSA) is 52.8 Å². The predicted molar refractivity (Wildman–Crippen MR) is 73.3 cm³/mol. The number of rotatable bonds is 2. The molecule has 0 saturated carbocycles. The molecule has 0 aliphatic carbocycles. The minimum atomic E-state index is -0.0630. The maximum atomic E-state index is 6.03. The van der Waals surface area contributed by atoms with Crippen molar-refractivity contribution in [2.24, 2.45) is 5.92 Å². The molecule has 19 heavy (non-hydrogen) atoms. The molecule has 1 aliphatic rings. The van der Waals surface area contributed by atoms with Crippen molar-refractivity contribution < 1.29 is 4.74 Å². The summed E-state index contributed by atoms with van der Waals surface area (Å²) < 4.78 is 7.92. The van der Waals surface area contributed by atoms with Crippen LogP contribution in [0.25, 0.3) is 11.2 Å². The lowest BCUT2D eigenvalue weighted by Gasteiger charge is -2.14. The van der Waals surface area contributed by atoms with Crippen molar-refractivity contribution in [3.63, 3.8) is 0 Å². The van der Waals surface area contributed by atoms with Gasteiger partial charge in [-0.05, 0) is 30.4 Å². The number of hydrogen-bond acceptors (Lipinski definition) is 4. The van der Waals surface area contributed by atoms with Gasteiger partial charge in [0.15, 0.2) is 10.8 Å². The van der Waals surface area contributed by atoms with E-state index < -0.39 is 0 Å². The third-order valence-corrected chi connectivity index (χ3v) is 4.04. The van der Waals surface area contributed by atoms with Gasteiger partial charge in [0.2, 0.25) is 5.28 Å². The third kappa shape index (κ3) is 2.20. The zero-order chi connectivity index (χ0) is 13.6. The van der Waals surface area contributed by atoms with E-state index in [1.165, 1.54) is 0 Å². The van der Waals surface area contributed by atoms with E-state index >= 15 is 0 Å². The summed E-state index contributed by atoms with van der Waals surface area (Å²) in [6, 6.07) is 0. The number of ether oxygens (including phenoxy) is 1. The average molecular weight is 301 g/mol. The van der Waals surface area contributed by atoms with Crippen LogP contribution in [0.2, 0.25) is 10.4 Å². The van der Waals surface area contributed by atoms with Gasteiger partial charge in [-0.2, -0.15) is 4.98 Å². The molecule has 2 aromatic heterocycles. The number of aromatic nitrogens is 4. The normalized spacial score (nSPS) is 27.3. The van der Waals surface area contributed by atoms with Crippen LogP contribution in [0.5, 0.6) is 0 Å². The minimum Gasteiger partial charge on any atom is -0.354 e. The quantitative estimate of drug-likeness (QED) is 0.629. The molecule has 102 valence electrons. The van der Waals surface area contributed by atoms with E-state index in [0.717, 1.165) is 12.8 Å². The van der Waals surface area contributed by atoms with E-state index in [2.05, 4.69) is 28.8 Å². The van der Waals surface area contributed by atoms with Crippen LogP contribution in [0, 0.1) is 5.92 Å². The van der Waals surface area contributed by atoms with Gasteiger partial charge in [0.25, 0.3) is 0 Å². The Bertz CT molecular complexity index is 615. The molecule has 0 bridgehead atoms. The standard InChI is InChI=1S/C12H14Cl2N4O/c1-3-7-6(2)4-8(19-7)18-5-15-9-10(13)16-12(14)17-11(9)18/h5-8H,3-4H2,1-2H3/t6?,7-,8-/m1/s1. The molecule has 3 rings (SSSR count). The Balaban J connectivity index is 2.02. The molecule has 0 radical (unpaired) electrons. The molecule has 1 saturated heterocycles. The summed E-state index contributed by atoms with van der Waals surface area (Å²) in [4.78, 5) is 12.3. The fourth-order valence-corrected chi connectivity index (χ4v) is 3.03. The Morgan fingerprint density at radius 1 is 1.42 bits per heavy atom. The van der Waals surface area contributed by atoms with Gasteiger partial charge in [0, 0.05) is 0 Å². The molecule has 0 aromatic carbocycles. The fourth-order valence-electron chi connectivity index (χ4n) is 2.61. The van der Waals surface area contributed by atoms with Crippen molar-refractivity contribution in [3.05, 3.63) is 16.8 Å². The molecule has 3 heterocycles. The van der Waals surface area contributed by atoms with E-state index in [0.29, 0.717) is 17.1 Å². The van der Waals surface area contributed by atoms with E-state index in [1.54, 1.807) is 6.33 Å². The van der Waals surface area contributed by atoms with Crippen LogP contribution in [0.3, 0.4) is 0 Å². The number of hydrogen-bond donors (Lipinski definition) is 0. The van der Waals surface area contributed by atoms with Crippen LogP contribution >= 0.6 is 23.2 Å². The van der Waals surface area contributed by atoms with Crippen LogP contribution in [-0.4, -0.2) is 25.6 Å². The first-order valence-electron chi connectivity index (χ1n) is 6.31. The zero-order valence-electron chi connectivity index (χ0n) is 10.7. The minimum absolute atomic E-state index is 0.0630. The first-order chi connectivity index (χ1) is 9.10. The molecule has 3 atom stereocenters. The summed E-state index contributed by atoms with van der Waals surface area (Å²) in [6.07, 6.45) is 3.84. The smallest absolute Gasteiger partial charge is 0.225 e. The molecule has 2 aromatic rings. The molecule has 7 heteroatoms. The van der Waals surface area contributed by atoms with Gasteiger partial charge >= 0.3 is 0 Å². The van der Waals surface area contributed by atoms with Crippen LogP contribution in [0.1, 0.15) is 32.9 Å². The van der Waals surface area contributed by atoms with Crippen LogP contribution in [-0.2, 0) is 4.74 Å². The van der Waals surface area contributed by atoms with Gasteiger partial charge < -0.3 is 4.74 Å². The average Bonchev–Trinajstić information content (AvgIpc) is 2.92. The second kappa shape index (κ2) is 4.89. The van der Waals surface area contributed by atoms with E-state index in [1.807, 2.05) is 4.57 Å². The molecule has 1 aliphatic heterocycles. The second-order valence-corrected chi connectivity index (χ2v) is 5.55. The van der Waals surface area contributed by atoms with Gasteiger partial charge in [-0.3, -0.25) is 4.57 Å². The Labute approximate surface area is 120 Å². The van der Waals surface area contributed by atoms with Gasteiger partial charge in [-0.25, -0.2) is 9.97 Å². The summed E-state index contributed by atoms with van der Waals surface area (Å²) in [5.74, 6) is 0.514. The molecular weight excluding hydrogens is 287 g/mol. The van der Waals surface area contributed by atoms with Gasteiger partial charge in [0.1, 0.15) is 11.7 Å². The van der Waals surface area contributed by atoms with E-state index in [4.69, 9.17) is 27.9 Å². The molecule has 0 N–H and O–H groups in total. The predicted octanol–water partition coefficient (Wildman–Crippen LogP) is 3.47. The Morgan fingerprint density at radius 2 is 2.21 bits per heavy atom. The van der Waals surface area contributed by atoms with Crippen molar-refractivity contribution >= 4 is 34.4 Å². The van der Waals surface area contributed by atoms with Crippen LogP contribution in [0.4, 0.5) is 0 Å². The van der Waals surface area contributed by atoms with Crippen molar-refractivity contribution in [1.29, 1.82) is 0 Å². The van der Waals surface area contributed by atoms with Crippen molar-refractivity contribution in [2.75, 3.05) is 0 Å². The van der Waals surface area contributed by atoms with Crippen molar-refractivity contribution in [1.82, 2.24) is 19.5 Å². The van der Waals surface area contributed by atoms with Crippen LogP contribution < -0.4 is 0 Å². The van der Waals surface area contributed by atoms with Crippen LogP contribution in [0.15, 0.2) is 6.33 Å². The number of nitrogens with zero attached hydrogens (tertiary/aromatic N) is 4. The number of halogens is 2. The highest BCUT2D eigenvalue weighted by Gasteiger charge is 2.33. The second-order valence-electron chi connectivity index (χ2n) is 4.86. The third-order valence-electron chi connectivity index (χ3n) is 3.60. The Kier molecular flexibility index (Phi) is 3.37. The first kappa shape index (κ1) is 13.1. The lowest BCUT2D eigenvalue weighted by molar-refractivity contribution is -0.00304. The molecular formula is C12H14Cl2N4O. The molecule has 1 fully saturated rings. The number of imidazole rings is 1. The Morgan fingerprint density at radius 3 is 2.89 bits per heavy atom. The summed E-state index contributed by atoms with van der Waals surface area (Å²) >= 11 is 11.9. The van der Waals surface area contributed by atoms with Gasteiger partial charge in [-0.1, -0.05) is 25.4 Å². The first-order valence-corrected chi connectivity index (χ1v) is 7.06. The van der Waals surface area contributed by atoms with Gasteiger partial charge in [-0.15, -0.1) is 0 Å². The monoisotopic (exact) mass is 300 g/mol. The lowest BCUT2D eigenvalue weighted by atomic mass is 10.0. The summed E-state index contributed by atoms with van der Waals surface area (Å²) in [7, 11) is 0.